The molecule has 1 heterocycles. The Morgan fingerprint density at radius 1 is 1.28 bits per heavy atom. The summed E-state index contributed by atoms with van der Waals surface area (Å²) in [5, 5.41) is 10.5. The van der Waals surface area contributed by atoms with Gasteiger partial charge in [0.2, 0.25) is 0 Å². The summed E-state index contributed by atoms with van der Waals surface area (Å²) >= 11 is 0. The van der Waals surface area contributed by atoms with Gasteiger partial charge >= 0.3 is 5.63 Å². The van der Waals surface area contributed by atoms with Crippen molar-refractivity contribution in [2.45, 2.75) is 39.5 Å². The van der Waals surface area contributed by atoms with Crippen LogP contribution in [-0.4, -0.2) is 5.11 Å². The minimum absolute atomic E-state index is 0.172. The summed E-state index contributed by atoms with van der Waals surface area (Å²) in [5.41, 5.74) is 1.71. The van der Waals surface area contributed by atoms with Crippen molar-refractivity contribution >= 4 is 11.0 Å². The quantitative estimate of drug-likeness (QED) is 0.663. The van der Waals surface area contributed by atoms with Gasteiger partial charge in [-0.2, -0.15) is 0 Å². The predicted molar refractivity (Wildman–Crippen MR) is 72.1 cm³/mol. The van der Waals surface area contributed by atoms with E-state index in [1.807, 2.05) is 6.92 Å². The van der Waals surface area contributed by atoms with Crippen molar-refractivity contribution in [3.05, 3.63) is 39.7 Å². The predicted octanol–water partition coefficient (Wildman–Crippen LogP) is 3.54. The van der Waals surface area contributed by atoms with Gasteiger partial charge in [-0.15, -0.1) is 0 Å². The van der Waals surface area contributed by atoms with Crippen LogP contribution in [0.1, 0.15) is 37.3 Å². The topological polar surface area (TPSA) is 50.4 Å². The minimum Gasteiger partial charge on any atom is -0.507 e. The standard InChI is InChI=1S/C15H18O3/c1-3-4-5-7-11-10(2)14-12(16)8-6-9-13(14)18-15(11)17/h6,8-9,16H,3-5,7H2,1-2H3. The number of benzene rings is 1. The van der Waals surface area contributed by atoms with E-state index < -0.39 is 0 Å². The lowest BCUT2D eigenvalue weighted by Gasteiger charge is -2.08. The SMILES string of the molecule is CCCCCc1c(C)c2c(O)cccc2oc1=O. The van der Waals surface area contributed by atoms with Gasteiger partial charge in [-0.1, -0.05) is 25.8 Å². The van der Waals surface area contributed by atoms with Crippen LogP contribution in [-0.2, 0) is 6.42 Å². The molecule has 0 aliphatic heterocycles. The second-order valence-corrected chi connectivity index (χ2v) is 4.60. The Labute approximate surface area is 106 Å². The van der Waals surface area contributed by atoms with Crippen LogP contribution in [0.5, 0.6) is 5.75 Å². The average Bonchev–Trinajstić information content (AvgIpc) is 2.33. The Kier molecular flexibility index (Phi) is 3.70. The third kappa shape index (κ3) is 2.26. The number of fused-ring (bicyclic) bond motifs is 1. The Morgan fingerprint density at radius 2 is 2.06 bits per heavy atom. The normalized spacial score (nSPS) is 11.0. The van der Waals surface area contributed by atoms with E-state index >= 15 is 0 Å². The molecule has 0 aliphatic rings. The van der Waals surface area contributed by atoms with E-state index in [1.165, 1.54) is 0 Å². The molecule has 1 N–H and O–H groups in total. The number of hydrogen-bond donors (Lipinski definition) is 1. The van der Waals surface area contributed by atoms with E-state index in [4.69, 9.17) is 4.42 Å². The molecule has 0 saturated carbocycles. The van der Waals surface area contributed by atoms with Gasteiger partial charge in [-0.3, -0.25) is 0 Å². The van der Waals surface area contributed by atoms with E-state index in [2.05, 4.69) is 6.92 Å². The maximum Gasteiger partial charge on any atom is 0.339 e. The number of phenolic OH excluding ortho intramolecular Hbond substituents is 1. The van der Waals surface area contributed by atoms with Crippen LogP contribution in [0, 0.1) is 6.92 Å². The molecule has 0 unspecified atom stereocenters. The van der Waals surface area contributed by atoms with Gasteiger partial charge in [-0.25, -0.2) is 4.79 Å². The fourth-order valence-electron chi connectivity index (χ4n) is 2.29. The molecule has 3 nitrogen and oxygen atoms in total. The maximum absolute atomic E-state index is 11.9. The Balaban J connectivity index is 2.53. The number of rotatable bonds is 4. The molecular formula is C15H18O3. The van der Waals surface area contributed by atoms with E-state index in [1.54, 1.807) is 18.2 Å². The summed E-state index contributed by atoms with van der Waals surface area (Å²) in [4.78, 5) is 11.9. The van der Waals surface area contributed by atoms with E-state index in [-0.39, 0.29) is 11.4 Å². The molecule has 0 spiro atoms. The lowest BCUT2D eigenvalue weighted by molar-refractivity contribution is 0.477. The van der Waals surface area contributed by atoms with Crippen molar-refractivity contribution in [2.75, 3.05) is 0 Å². The van der Waals surface area contributed by atoms with Crippen LogP contribution in [0.2, 0.25) is 0 Å². The van der Waals surface area contributed by atoms with Crippen LogP contribution < -0.4 is 5.63 Å². The molecule has 0 saturated heterocycles. The summed E-state index contributed by atoms with van der Waals surface area (Å²) in [6.45, 7) is 4.00. The Bertz CT molecular complexity index is 611. The average molecular weight is 246 g/mol. The highest BCUT2D eigenvalue weighted by Crippen LogP contribution is 2.28. The van der Waals surface area contributed by atoms with Gasteiger partial charge < -0.3 is 9.52 Å². The third-order valence-corrected chi connectivity index (χ3v) is 3.31. The smallest absolute Gasteiger partial charge is 0.339 e. The lowest BCUT2D eigenvalue weighted by Crippen LogP contribution is -2.10. The second-order valence-electron chi connectivity index (χ2n) is 4.60. The highest BCUT2D eigenvalue weighted by molar-refractivity contribution is 5.87. The van der Waals surface area contributed by atoms with Gasteiger partial charge in [0, 0.05) is 5.56 Å². The molecule has 1 aromatic carbocycles. The van der Waals surface area contributed by atoms with Crippen LogP contribution >= 0.6 is 0 Å². The largest absolute Gasteiger partial charge is 0.507 e. The van der Waals surface area contributed by atoms with Crippen LogP contribution in [0.3, 0.4) is 0 Å². The third-order valence-electron chi connectivity index (χ3n) is 3.31. The molecule has 1 aromatic heterocycles. The number of aromatic hydroxyl groups is 1. The second kappa shape index (κ2) is 5.25. The first kappa shape index (κ1) is 12.7. The number of unbranched alkanes of at least 4 members (excludes halogenated alkanes) is 2. The van der Waals surface area contributed by atoms with Crippen LogP contribution in [0.25, 0.3) is 11.0 Å². The van der Waals surface area contributed by atoms with Crippen molar-refractivity contribution in [2.24, 2.45) is 0 Å². The van der Waals surface area contributed by atoms with Gasteiger partial charge in [0.25, 0.3) is 0 Å². The summed E-state index contributed by atoms with van der Waals surface area (Å²) in [7, 11) is 0. The zero-order valence-electron chi connectivity index (χ0n) is 10.8. The fraction of sp³-hybridized carbons (Fsp3) is 0.400. The van der Waals surface area contributed by atoms with Crippen molar-refractivity contribution < 1.29 is 9.52 Å². The fourth-order valence-corrected chi connectivity index (χ4v) is 2.29. The van der Waals surface area contributed by atoms with Gasteiger partial charge in [0.1, 0.15) is 11.3 Å². The molecule has 18 heavy (non-hydrogen) atoms. The molecule has 0 fully saturated rings. The van der Waals surface area contributed by atoms with Crippen molar-refractivity contribution in [1.82, 2.24) is 0 Å². The lowest BCUT2D eigenvalue weighted by atomic mass is 10.0. The molecule has 2 aromatic rings. The molecule has 96 valence electrons. The number of hydrogen-bond acceptors (Lipinski definition) is 3. The van der Waals surface area contributed by atoms with Gasteiger partial charge in [-0.05, 0) is 37.5 Å². The van der Waals surface area contributed by atoms with Crippen LogP contribution in [0.4, 0.5) is 0 Å². The van der Waals surface area contributed by atoms with E-state index in [9.17, 15) is 9.90 Å². The number of phenols is 1. The summed E-state index contributed by atoms with van der Waals surface area (Å²) in [5.74, 6) is 0.172. The van der Waals surface area contributed by atoms with E-state index in [0.29, 0.717) is 23.0 Å². The maximum atomic E-state index is 11.9. The van der Waals surface area contributed by atoms with Crippen molar-refractivity contribution in [3.63, 3.8) is 0 Å². The highest BCUT2D eigenvalue weighted by atomic mass is 16.4. The first-order valence-electron chi connectivity index (χ1n) is 6.39. The zero-order chi connectivity index (χ0) is 13.1. The molecule has 0 radical (unpaired) electrons. The summed E-state index contributed by atoms with van der Waals surface area (Å²) < 4.78 is 5.27. The summed E-state index contributed by atoms with van der Waals surface area (Å²) in [6.07, 6.45) is 3.90. The van der Waals surface area contributed by atoms with Crippen molar-refractivity contribution in [1.29, 1.82) is 0 Å². The molecule has 0 aliphatic carbocycles. The minimum atomic E-state index is -0.276. The molecule has 0 amide bonds. The molecular weight excluding hydrogens is 228 g/mol. The highest BCUT2D eigenvalue weighted by Gasteiger charge is 2.13. The zero-order valence-corrected chi connectivity index (χ0v) is 10.8. The van der Waals surface area contributed by atoms with Crippen molar-refractivity contribution in [3.8, 4) is 5.75 Å². The number of aryl methyl sites for hydroxylation is 1. The Morgan fingerprint density at radius 3 is 2.78 bits per heavy atom. The molecule has 0 bridgehead atoms. The van der Waals surface area contributed by atoms with Crippen LogP contribution in [0.15, 0.2) is 27.4 Å². The first-order valence-corrected chi connectivity index (χ1v) is 6.39. The molecule has 2 rings (SSSR count). The molecule has 0 atom stereocenters. The first-order chi connectivity index (χ1) is 8.65. The Hall–Kier alpha value is -1.77. The summed E-state index contributed by atoms with van der Waals surface area (Å²) in [6, 6.07) is 5.00. The molecule has 3 heteroatoms. The monoisotopic (exact) mass is 246 g/mol. The van der Waals surface area contributed by atoms with E-state index in [0.717, 1.165) is 24.8 Å². The van der Waals surface area contributed by atoms with Gasteiger partial charge in [0.15, 0.2) is 0 Å². The van der Waals surface area contributed by atoms with Gasteiger partial charge in [0.05, 0.1) is 5.39 Å².